The zero-order valence-corrected chi connectivity index (χ0v) is 15.7. The van der Waals surface area contributed by atoms with Gasteiger partial charge in [-0.05, 0) is 11.6 Å². The number of nitrogens with zero attached hydrogens (tertiary/aromatic N) is 3. The lowest BCUT2D eigenvalue weighted by atomic mass is 10.2. The van der Waals surface area contributed by atoms with Crippen LogP contribution in [0.2, 0.25) is 0 Å². The van der Waals surface area contributed by atoms with Crippen molar-refractivity contribution in [2.45, 2.75) is 13.2 Å². The Balaban J connectivity index is 1.48. The number of ether oxygens (including phenoxy) is 1. The molecule has 6 heteroatoms. The third kappa shape index (κ3) is 4.23. The van der Waals surface area contributed by atoms with Gasteiger partial charge in [0.1, 0.15) is 13.2 Å². The van der Waals surface area contributed by atoms with E-state index < -0.39 is 0 Å². The van der Waals surface area contributed by atoms with Gasteiger partial charge < -0.3 is 19.0 Å². The molecule has 1 fully saturated rings. The quantitative estimate of drug-likeness (QED) is 0.490. The fourth-order valence-corrected chi connectivity index (χ4v) is 3.35. The minimum Gasteiger partial charge on any atom is -0.391 e. The largest absolute Gasteiger partial charge is 0.391 e. The molecule has 0 bridgehead atoms. The van der Waals surface area contributed by atoms with Crippen molar-refractivity contribution in [2.24, 2.45) is 5.16 Å². The van der Waals surface area contributed by atoms with Crippen molar-refractivity contribution in [3.63, 3.8) is 0 Å². The SMILES string of the molecule is O=C(Cn1cc(/C=N/OCc2ccccc2)c2ccccc21)N1CCOCC1. The van der Waals surface area contributed by atoms with Crippen LogP contribution in [0.25, 0.3) is 10.9 Å². The highest BCUT2D eigenvalue weighted by Gasteiger charge is 2.18. The fraction of sp³-hybridized carbons (Fsp3) is 0.273. The Kier molecular flexibility index (Phi) is 5.68. The summed E-state index contributed by atoms with van der Waals surface area (Å²) < 4.78 is 7.31. The Morgan fingerprint density at radius 1 is 1.07 bits per heavy atom. The van der Waals surface area contributed by atoms with Crippen LogP contribution in [-0.2, 0) is 27.5 Å². The summed E-state index contributed by atoms with van der Waals surface area (Å²) >= 11 is 0. The second-order valence-corrected chi connectivity index (χ2v) is 6.72. The molecule has 0 spiro atoms. The van der Waals surface area contributed by atoms with E-state index in [-0.39, 0.29) is 5.91 Å². The monoisotopic (exact) mass is 377 g/mol. The molecule has 0 aliphatic carbocycles. The highest BCUT2D eigenvalue weighted by atomic mass is 16.6. The Morgan fingerprint density at radius 3 is 2.64 bits per heavy atom. The van der Waals surface area contributed by atoms with E-state index >= 15 is 0 Å². The number of carbonyl (C=O) groups excluding carboxylic acids is 1. The maximum absolute atomic E-state index is 12.6. The maximum atomic E-state index is 12.6. The normalized spacial score (nSPS) is 14.6. The van der Waals surface area contributed by atoms with Crippen LogP contribution in [0.4, 0.5) is 0 Å². The molecule has 0 N–H and O–H groups in total. The van der Waals surface area contributed by atoms with Crippen molar-refractivity contribution in [1.82, 2.24) is 9.47 Å². The topological polar surface area (TPSA) is 56.1 Å². The molecule has 144 valence electrons. The minimum atomic E-state index is 0.105. The van der Waals surface area contributed by atoms with Gasteiger partial charge in [-0.3, -0.25) is 4.79 Å². The average Bonchev–Trinajstić information content (AvgIpc) is 3.10. The molecule has 2 aromatic carbocycles. The molecule has 3 aromatic rings. The molecular weight excluding hydrogens is 354 g/mol. The summed E-state index contributed by atoms with van der Waals surface area (Å²) in [4.78, 5) is 19.9. The van der Waals surface area contributed by atoms with E-state index in [1.54, 1.807) is 6.21 Å². The second-order valence-electron chi connectivity index (χ2n) is 6.72. The third-order valence-electron chi connectivity index (χ3n) is 4.83. The lowest BCUT2D eigenvalue weighted by Gasteiger charge is -2.27. The van der Waals surface area contributed by atoms with E-state index in [2.05, 4.69) is 5.16 Å². The number of oxime groups is 1. The Labute approximate surface area is 164 Å². The number of aromatic nitrogens is 1. The third-order valence-corrected chi connectivity index (χ3v) is 4.83. The number of fused-ring (bicyclic) bond motifs is 1. The molecule has 6 nitrogen and oxygen atoms in total. The lowest BCUT2D eigenvalue weighted by Crippen LogP contribution is -2.42. The van der Waals surface area contributed by atoms with Gasteiger partial charge in [-0.15, -0.1) is 0 Å². The molecule has 0 unspecified atom stereocenters. The Morgan fingerprint density at radius 2 is 1.82 bits per heavy atom. The van der Waals surface area contributed by atoms with Crippen LogP contribution in [0.15, 0.2) is 65.9 Å². The van der Waals surface area contributed by atoms with Crippen LogP contribution in [0.1, 0.15) is 11.1 Å². The molecule has 1 saturated heterocycles. The molecular formula is C22H23N3O3. The van der Waals surface area contributed by atoms with Gasteiger partial charge >= 0.3 is 0 Å². The summed E-state index contributed by atoms with van der Waals surface area (Å²) in [5, 5.41) is 5.16. The molecule has 2 heterocycles. The van der Waals surface area contributed by atoms with Crippen LogP contribution in [0.5, 0.6) is 0 Å². The van der Waals surface area contributed by atoms with Gasteiger partial charge in [-0.25, -0.2) is 0 Å². The van der Waals surface area contributed by atoms with Crippen molar-refractivity contribution >= 4 is 23.0 Å². The van der Waals surface area contributed by atoms with Gasteiger partial charge in [0.05, 0.1) is 19.4 Å². The molecule has 1 aliphatic rings. The summed E-state index contributed by atoms with van der Waals surface area (Å²) in [5.41, 5.74) is 3.00. The zero-order chi connectivity index (χ0) is 19.2. The first-order chi connectivity index (χ1) is 13.8. The van der Waals surface area contributed by atoms with Gasteiger partial charge in [0.25, 0.3) is 0 Å². The molecule has 0 radical (unpaired) electrons. The first-order valence-electron chi connectivity index (χ1n) is 9.44. The van der Waals surface area contributed by atoms with Crippen molar-refractivity contribution in [3.05, 3.63) is 71.9 Å². The zero-order valence-electron chi connectivity index (χ0n) is 15.7. The van der Waals surface area contributed by atoms with Crippen molar-refractivity contribution < 1.29 is 14.4 Å². The standard InChI is InChI=1S/C22H23N3O3/c26-22(24-10-12-27-13-11-24)16-25-15-19(20-8-4-5-9-21(20)25)14-23-28-17-18-6-2-1-3-7-18/h1-9,14-15H,10-13,16-17H2/b23-14+. The first-order valence-corrected chi connectivity index (χ1v) is 9.44. The van der Waals surface area contributed by atoms with Gasteiger partial charge in [0, 0.05) is 35.8 Å². The van der Waals surface area contributed by atoms with Gasteiger partial charge in [0.15, 0.2) is 0 Å². The fourth-order valence-electron chi connectivity index (χ4n) is 3.35. The van der Waals surface area contributed by atoms with Crippen molar-refractivity contribution in [1.29, 1.82) is 0 Å². The number of amides is 1. The number of hydrogen-bond donors (Lipinski definition) is 0. The van der Waals surface area contributed by atoms with E-state index in [0.29, 0.717) is 39.5 Å². The second kappa shape index (κ2) is 8.71. The molecule has 0 atom stereocenters. The summed E-state index contributed by atoms with van der Waals surface area (Å²) in [7, 11) is 0. The number of carbonyl (C=O) groups is 1. The molecule has 1 aliphatic heterocycles. The van der Waals surface area contributed by atoms with Crippen molar-refractivity contribution in [3.8, 4) is 0 Å². The minimum absolute atomic E-state index is 0.105. The maximum Gasteiger partial charge on any atom is 0.242 e. The highest BCUT2D eigenvalue weighted by molar-refractivity contribution is 5.99. The van der Waals surface area contributed by atoms with Crippen LogP contribution in [-0.4, -0.2) is 47.9 Å². The molecule has 1 aromatic heterocycles. The highest BCUT2D eigenvalue weighted by Crippen LogP contribution is 2.20. The number of morpholine rings is 1. The smallest absolute Gasteiger partial charge is 0.242 e. The summed E-state index contributed by atoms with van der Waals surface area (Å²) in [6, 6.07) is 17.9. The number of rotatable bonds is 6. The number of hydrogen-bond acceptors (Lipinski definition) is 4. The molecule has 0 saturated carbocycles. The van der Waals surface area contributed by atoms with E-state index in [0.717, 1.165) is 22.0 Å². The van der Waals surface area contributed by atoms with E-state index in [4.69, 9.17) is 9.57 Å². The van der Waals surface area contributed by atoms with Crippen LogP contribution in [0.3, 0.4) is 0 Å². The summed E-state index contributed by atoms with van der Waals surface area (Å²) in [6.45, 7) is 3.24. The van der Waals surface area contributed by atoms with Crippen LogP contribution < -0.4 is 0 Å². The van der Waals surface area contributed by atoms with Gasteiger partial charge in [0.2, 0.25) is 5.91 Å². The van der Waals surface area contributed by atoms with Gasteiger partial charge in [-0.1, -0.05) is 53.7 Å². The Bertz CT molecular complexity index is 960. The summed E-state index contributed by atoms with van der Waals surface area (Å²) in [6.07, 6.45) is 3.67. The van der Waals surface area contributed by atoms with E-state index in [1.165, 1.54) is 0 Å². The molecule has 28 heavy (non-hydrogen) atoms. The predicted molar refractivity (Wildman–Crippen MR) is 108 cm³/mol. The Hall–Kier alpha value is -3.12. The van der Waals surface area contributed by atoms with E-state index in [9.17, 15) is 4.79 Å². The average molecular weight is 377 g/mol. The number of benzene rings is 2. The number of para-hydroxylation sites is 1. The van der Waals surface area contributed by atoms with E-state index in [1.807, 2.05) is 70.3 Å². The molecule has 4 rings (SSSR count). The molecule has 1 amide bonds. The van der Waals surface area contributed by atoms with Crippen LogP contribution in [0, 0.1) is 0 Å². The summed E-state index contributed by atoms with van der Waals surface area (Å²) in [5.74, 6) is 0.105. The van der Waals surface area contributed by atoms with Gasteiger partial charge in [-0.2, -0.15) is 0 Å². The predicted octanol–water partition coefficient (Wildman–Crippen LogP) is 3.05. The first kappa shape index (κ1) is 18.3. The van der Waals surface area contributed by atoms with Crippen LogP contribution >= 0.6 is 0 Å². The lowest BCUT2D eigenvalue weighted by molar-refractivity contribution is -0.135. The van der Waals surface area contributed by atoms with Crippen molar-refractivity contribution in [2.75, 3.05) is 26.3 Å².